The number of nitrogens with one attached hydrogen (secondary N) is 2. The van der Waals surface area contributed by atoms with Gasteiger partial charge >= 0.3 is 6.18 Å². The highest BCUT2D eigenvalue weighted by Gasteiger charge is 2.32. The third-order valence-electron chi connectivity index (χ3n) is 3.69. The number of hydrogen-bond acceptors (Lipinski definition) is 5. The maximum Gasteiger partial charge on any atom is 0.416 e. The molecule has 6 nitrogen and oxygen atoms in total. The quantitative estimate of drug-likeness (QED) is 0.374. The number of carbonyl (C=O) groups is 1. The molecule has 0 aliphatic rings. The SMILES string of the molecule is O=C(CCCc1cccs1)NCCNc1ccc(C(F)(F)F)cc1[N+](=O)[O-]. The maximum absolute atomic E-state index is 12.7. The van der Waals surface area contributed by atoms with E-state index in [0.717, 1.165) is 18.6 Å². The number of hydrogen-bond donors (Lipinski definition) is 2. The second-order valence-corrected chi connectivity index (χ2v) is 6.73. The van der Waals surface area contributed by atoms with E-state index in [0.29, 0.717) is 18.9 Å². The molecule has 0 aliphatic carbocycles. The number of rotatable bonds is 9. The molecule has 1 aromatic carbocycles. The van der Waals surface area contributed by atoms with Gasteiger partial charge in [-0.2, -0.15) is 13.2 Å². The van der Waals surface area contributed by atoms with Crippen LogP contribution in [0, 0.1) is 10.1 Å². The lowest BCUT2D eigenvalue weighted by molar-refractivity contribution is -0.384. The van der Waals surface area contributed by atoms with Gasteiger partial charge in [0.1, 0.15) is 5.69 Å². The van der Waals surface area contributed by atoms with E-state index >= 15 is 0 Å². The van der Waals surface area contributed by atoms with Gasteiger partial charge in [0.05, 0.1) is 10.5 Å². The van der Waals surface area contributed by atoms with Crippen molar-refractivity contribution < 1.29 is 22.9 Å². The van der Waals surface area contributed by atoms with E-state index in [9.17, 15) is 28.1 Å². The Labute approximate surface area is 157 Å². The van der Waals surface area contributed by atoms with Crippen molar-refractivity contribution in [2.45, 2.75) is 25.4 Å². The summed E-state index contributed by atoms with van der Waals surface area (Å²) in [6.45, 7) is 0.360. The van der Waals surface area contributed by atoms with Crippen molar-refractivity contribution in [3.8, 4) is 0 Å². The molecule has 0 spiro atoms. The molecule has 2 N–H and O–H groups in total. The van der Waals surface area contributed by atoms with Crippen LogP contribution >= 0.6 is 11.3 Å². The Morgan fingerprint density at radius 2 is 2.00 bits per heavy atom. The first-order chi connectivity index (χ1) is 12.8. The lowest BCUT2D eigenvalue weighted by atomic mass is 10.1. The summed E-state index contributed by atoms with van der Waals surface area (Å²) in [5.74, 6) is -0.143. The van der Waals surface area contributed by atoms with Crippen LogP contribution < -0.4 is 10.6 Å². The molecular formula is C17H18F3N3O3S. The van der Waals surface area contributed by atoms with Gasteiger partial charge in [-0.3, -0.25) is 14.9 Å². The molecule has 2 rings (SSSR count). The molecular weight excluding hydrogens is 383 g/mol. The molecule has 1 aromatic heterocycles. The van der Waals surface area contributed by atoms with Crippen LogP contribution in [0.15, 0.2) is 35.7 Å². The second-order valence-electron chi connectivity index (χ2n) is 5.70. The van der Waals surface area contributed by atoms with Crippen LogP contribution in [0.25, 0.3) is 0 Å². The maximum atomic E-state index is 12.7. The first-order valence-electron chi connectivity index (χ1n) is 8.16. The summed E-state index contributed by atoms with van der Waals surface area (Å²) in [5, 5.41) is 18.3. The van der Waals surface area contributed by atoms with Crippen LogP contribution in [-0.4, -0.2) is 23.9 Å². The van der Waals surface area contributed by atoms with Crippen molar-refractivity contribution in [3.63, 3.8) is 0 Å². The lowest BCUT2D eigenvalue weighted by Gasteiger charge is -2.11. The molecule has 0 saturated carbocycles. The second kappa shape index (κ2) is 9.36. The molecule has 0 atom stereocenters. The molecule has 1 amide bonds. The van der Waals surface area contributed by atoms with Crippen LogP contribution in [0.3, 0.4) is 0 Å². The average molecular weight is 401 g/mol. The molecule has 27 heavy (non-hydrogen) atoms. The topological polar surface area (TPSA) is 84.3 Å². The summed E-state index contributed by atoms with van der Waals surface area (Å²) in [5.41, 5.74) is -1.77. The smallest absolute Gasteiger partial charge is 0.378 e. The predicted molar refractivity (Wildman–Crippen MR) is 96.9 cm³/mol. The van der Waals surface area contributed by atoms with Crippen molar-refractivity contribution in [1.29, 1.82) is 0 Å². The number of nitro benzene ring substituents is 1. The summed E-state index contributed by atoms with van der Waals surface area (Å²) < 4.78 is 38.0. The van der Waals surface area contributed by atoms with Gasteiger partial charge in [-0.25, -0.2) is 0 Å². The van der Waals surface area contributed by atoms with Crippen LogP contribution in [0.4, 0.5) is 24.5 Å². The zero-order valence-electron chi connectivity index (χ0n) is 14.2. The molecule has 0 unspecified atom stereocenters. The normalized spacial score (nSPS) is 11.2. The van der Waals surface area contributed by atoms with Gasteiger partial charge in [-0.05, 0) is 36.4 Å². The Morgan fingerprint density at radius 3 is 2.63 bits per heavy atom. The molecule has 1 heterocycles. The van der Waals surface area contributed by atoms with E-state index in [-0.39, 0.29) is 24.7 Å². The number of aryl methyl sites for hydroxylation is 1. The van der Waals surface area contributed by atoms with Crippen molar-refractivity contribution >= 4 is 28.6 Å². The van der Waals surface area contributed by atoms with Gasteiger partial charge in [0.2, 0.25) is 5.91 Å². The van der Waals surface area contributed by atoms with Gasteiger partial charge < -0.3 is 10.6 Å². The Morgan fingerprint density at radius 1 is 1.22 bits per heavy atom. The summed E-state index contributed by atoms with van der Waals surface area (Å²) in [4.78, 5) is 23.1. The highest BCUT2D eigenvalue weighted by Crippen LogP contribution is 2.34. The summed E-state index contributed by atoms with van der Waals surface area (Å²) in [6.07, 6.45) is -2.76. The first kappa shape index (κ1) is 20.7. The van der Waals surface area contributed by atoms with Crippen LogP contribution in [-0.2, 0) is 17.4 Å². The first-order valence-corrected chi connectivity index (χ1v) is 9.04. The fraction of sp³-hybridized carbons (Fsp3) is 0.353. The van der Waals surface area contributed by atoms with Gasteiger partial charge in [0, 0.05) is 30.5 Å². The Balaban J connectivity index is 1.77. The molecule has 0 radical (unpaired) electrons. The van der Waals surface area contributed by atoms with Crippen molar-refractivity contribution in [2.24, 2.45) is 0 Å². The van der Waals surface area contributed by atoms with E-state index in [1.165, 1.54) is 4.88 Å². The number of alkyl halides is 3. The standard InChI is InChI=1S/C17H18F3N3O3S/c18-17(19,20)12-6-7-14(15(11-12)23(25)26)21-8-9-22-16(24)5-1-3-13-4-2-10-27-13/h2,4,6-7,10-11,21H,1,3,5,8-9H2,(H,22,24). The van der Waals surface area contributed by atoms with Crippen molar-refractivity contribution in [1.82, 2.24) is 5.32 Å². The van der Waals surface area contributed by atoms with E-state index < -0.39 is 22.4 Å². The predicted octanol–water partition coefficient (Wildman–Crippen LogP) is 4.23. The number of anilines is 1. The summed E-state index contributed by atoms with van der Waals surface area (Å²) in [6, 6.07) is 6.24. The van der Waals surface area contributed by atoms with Crippen LogP contribution in [0.5, 0.6) is 0 Å². The Bertz CT molecular complexity index is 779. The van der Waals surface area contributed by atoms with E-state index in [2.05, 4.69) is 10.6 Å². The minimum absolute atomic E-state index is 0.0278. The zero-order chi connectivity index (χ0) is 19.9. The van der Waals surface area contributed by atoms with E-state index in [4.69, 9.17) is 0 Å². The third-order valence-corrected chi connectivity index (χ3v) is 4.63. The third kappa shape index (κ3) is 6.55. The number of nitrogens with zero attached hydrogens (tertiary/aromatic N) is 1. The van der Waals surface area contributed by atoms with Gasteiger partial charge in [-0.1, -0.05) is 6.07 Å². The highest BCUT2D eigenvalue weighted by atomic mass is 32.1. The number of amides is 1. The average Bonchev–Trinajstić information content (AvgIpc) is 3.11. The van der Waals surface area contributed by atoms with Crippen molar-refractivity contribution in [3.05, 3.63) is 56.3 Å². The summed E-state index contributed by atoms with van der Waals surface area (Å²) >= 11 is 1.63. The van der Waals surface area contributed by atoms with Crippen LogP contribution in [0.2, 0.25) is 0 Å². The Hall–Kier alpha value is -2.62. The van der Waals surface area contributed by atoms with E-state index in [1.807, 2.05) is 17.5 Å². The van der Waals surface area contributed by atoms with E-state index in [1.54, 1.807) is 11.3 Å². The molecule has 0 fully saturated rings. The number of benzene rings is 1. The van der Waals surface area contributed by atoms with Crippen LogP contribution in [0.1, 0.15) is 23.3 Å². The number of halogens is 3. The van der Waals surface area contributed by atoms with Gasteiger partial charge in [-0.15, -0.1) is 11.3 Å². The molecule has 10 heteroatoms. The number of thiophene rings is 1. The highest BCUT2D eigenvalue weighted by molar-refractivity contribution is 7.09. The fourth-order valence-electron chi connectivity index (χ4n) is 2.37. The molecule has 0 bridgehead atoms. The lowest BCUT2D eigenvalue weighted by Crippen LogP contribution is -2.28. The number of carbonyl (C=O) groups excluding carboxylic acids is 1. The van der Waals surface area contributed by atoms with Crippen molar-refractivity contribution in [2.75, 3.05) is 18.4 Å². The molecule has 146 valence electrons. The fourth-order valence-corrected chi connectivity index (χ4v) is 3.13. The minimum atomic E-state index is -4.65. The Kier molecular flexibility index (Phi) is 7.17. The molecule has 2 aromatic rings. The summed E-state index contributed by atoms with van der Waals surface area (Å²) in [7, 11) is 0. The molecule has 0 saturated heterocycles. The van der Waals surface area contributed by atoms with Gasteiger partial charge in [0.15, 0.2) is 0 Å². The number of nitro groups is 1. The molecule has 0 aliphatic heterocycles. The van der Waals surface area contributed by atoms with Gasteiger partial charge in [0.25, 0.3) is 5.69 Å². The monoisotopic (exact) mass is 401 g/mol. The minimum Gasteiger partial charge on any atom is -0.378 e. The largest absolute Gasteiger partial charge is 0.416 e. The zero-order valence-corrected chi connectivity index (χ0v) is 15.0.